The van der Waals surface area contributed by atoms with Crippen LogP contribution in [0.15, 0.2) is 28.1 Å². The van der Waals surface area contributed by atoms with E-state index in [2.05, 4.69) is 32.2 Å². The van der Waals surface area contributed by atoms with Crippen LogP contribution in [0.25, 0.3) is 10.6 Å². The maximum Gasteiger partial charge on any atom is 0.151 e. The van der Waals surface area contributed by atoms with Gasteiger partial charge in [0.1, 0.15) is 12.2 Å². The maximum atomic E-state index is 8.59. The molecule has 17 heavy (non-hydrogen) atoms. The normalized spacial score (nSPS) is 9.94. The predicted octanol–water partition coefficient (Wildman–Crippen LogP) is 2.93. The summed E-state index contributed by atoms with van der Waals surface area (Å²) in [6, 6.07) is 9.83. The molecule has 2 aromatic rings. The summed E-state index contributed by atoms with van der Waals surface area (Å²) in [5.41, 5.74) is 0.842. The second-order valence-electron chi connectivity index (χ2n) is 3.39. The van der Waals surface area contributed by atoms with Crippen molar-refractivity contribution < 1.29 is 0 Å². The molecule has 6 heteroatoms. The van der Waals surface area contributed by atoms with Crippen LogP contribution < -0.4 is 4.90 Å². The predicted molar refractivity (Wildman–Crippen MR) is 71.9 cm³/mol. The van der Waals surface area contributed by atoms with Crippen LogP contribution in [0.5, 0.6) is 0 Å². The molecule has 4 nitrogen and oxygen atoms in total. The zero-order valence-corrected chi connectivity index (χ0v) is 11.5. The van der Waals surface area contributed by atoms with Crippen molar-refractivity contribution in [1.82, 2.24) is 10.2 Å². The van der Waals surface area contributed by atoms with Crippen LogP contribution in [-0.2, 0) is 0 Å². The molecule has 0 radical (unpaired) electrons. The van der Waals surface area contributed by atoms with Gasteiger partial charge in [0.15, 0.2) is 5.82 Å². The number of anilines is 1. The van der Waals surface area contributed by atoms with Gasteiger partial charge in [-0.25, -0.2) is 0 Å². The van der Waals surface area contributed by atoms with Gasteiger partial charge in [0, 0.05) is 7.05 Å². The van der Waals surface area contributed by atoms with Crippen molar-refractivity contribution in [3.63, 3.8) is 0 Å². The molecule has 2 aromatic heterocycles. The Kier molecular flexibility index (Phi) is 3.71. The van der Waals surface area contributed by atoms with Crippen LogP contribution in [0.3, 0.4) is 0 Å². The topological polar surface area (TPSA) is 52.8 Å². The second kappa shape index (κ2) is 5.25. The van der Waals surface area contributed by atoms with Crippen LogP contribution in [0, 0.1) is 11.3 Å². The number of halogens is 1. The Labute approximate surface area is 112 Å². The lowest BCUT2D eigenvalue weighted by molar-refractivity contribution is 0.935. The zero-order chi connectivity index (χ0) is 12.3. The fourth-order valence-electron chi connectivity index (χ4n) is 1.30. The van der Waals surface area contributed by atoms with Crippen LogP contribution in [0.2, 0.25) is 0 Å². The summed E-state index contributed by atoms with van der Waals surface area (Å²) in [5, 5.41) is 16.8. The van der Waals surface area contributed by atoms with Crippen molar-refractivity contribution in [2.24, 2.45) is 0 Å². The Bertz CT molecular complexity index is 543. The van der Waals surface area contributed by atoms with Crippen molar-refractivity contribution in [2.45, 2.75) is 0 Å². The minimum Gasteiger partial charge on any atom is -0.345 e. The van der Waals surface area contributed by atoms with E-state index in [1.165, 1.54) is 0 Å². The number of nitrogens with zero attached hydrogens (tertiary/aromatic N) is 4. The molecule has 0 aliphatic heterocycles. The summed E-state index contributed by atoms with van der Waals surface area (Å²) < 4.78 is 1.07. The highest BCUT2D eigenvalue weighted by molar-refractivity contribution is 9.11. The first-order valence-electron chi connectivity index (χ1n) is 4.88. The van der Waals surface area contributed by atoms with Gasteiger partial charge < -0.3 is 4.90 Å². The third-order valence-electron chi connectivity index (χ3n) is 2.18. The van der Waals surface area contributed by atoms with E-state index >= 15 is 0 Å². The summed E-state index contributed by atoms with van der Waals surface area (Å²) >= 11 is 5.03. The van der Waals surface area contributed by atoms with Gasteiger partial charge in [-0.2, -0.15) is 5.26 Å². The largest absolute Gasteiger partial charge is 0.345 e. The molecule has 86 valence electrons. The van der Waals surface area contributed by atoms with Crippen molar-refractivity contribution in [3.8, 4) is 16.6 Å². The molecule has 2 rings (SSSR count). The molecule has 0 spiro atoms. The van der Waals surface area contributed by atoms with Crippen molar-refractivity contribution >= 4 is 33.1 Å². The van der Waals surface area contributed by atoms with Gasteiger partial charge in [0.25, 0.3) is 0 Å². The smallest absolute Gasteiger partial charge is 0.151 e. The number of hydrogen-bond donors (Lipinski definition) is 0. The van der Waals surface area contributed by atoms with E-state index in [4.69, 9.17) is 5.26 Å². The molecule has 0 unspecified atom stereocenters. The van der Waals surface area contributed by atoms with Gasteiger partial charge in [-0.1, -0.05) is 0 Å². The lowest BCUT2D eigenvalue weighted by Crippen LogP contribution is -2.18. The molecule has 0 amide bonds. The summed E-state index contributed by atoms with van der Waals surface area (Å²) in [6.07, 6.45) is 0. The highest BCUT2D eigenvalue weighted by Crippen LogP contribution is 2.29. The summed E-state index contributed by atoms with van der Waals surface area (Å²) in [7, 11) is 1.81. The van der Waals surface area contributed by atoms with Crippen LogP contribution in [0.1, 0.15) is 0 Å². The molecular weight excluding hydrogens is 300 g/mol. The third-order valence-corrected chi connectivity index (χ3v) is 3.82. The third kappa shape index (κ3) is 2.81. The average Bonchev–Trinajstić information content (AvgIpc) is 2.76. The fourth-order valence-corrected chi connectivity index (χ4v) is 2.65. The van der Waals surface area contributed by atoms with Gasteiger partial charge in [-0.05, 0) is 40.2 Å². The number of nitriles is 1. The number of aromatic nitrogens is 2. The molecule has 0 bridgehead atoms. The van der Waals surface area contributed by atoms with E-state index in [0.717, 1.165) is 14.4 Å². The molecule has 0 aliphatic rings. The van der Waals surface area contributed by atoms with Gasteiger partial charge in [-0.15, -0.1) is 21.5 Å². The molecule has 0 aliphatic carbocycles. The minimum atomic E-state index is 0.304. The first-order chi connectivity index (χ1) is 8.20. The van der Waals surface area contributed by atoms with E-state index in [-0.39, 0.29) is 0 Å². The molecule has 0 fully saturated rings. The molecule has 0 saturated heterocycles. The Morgan fingerprint density at radius 1 is 1.35 bits per heavy atom. The first-order valence-corrected chi connectivity index (χ1v) is 6.49. The van der Waals surface area contributed by atoms with E-state index in [1.54, 1.807) is 16.2 Å². The maximum absolute atomic E-state index is 8.59. The Morgan fingerprint density at radius 3 is 2.71 bits per heavy atom. The van der Waals surface area contributed by atoms with Gasteiger partial charge in [-0.3, -0.25) is 0 Å². The van der Waals surface area contributed by atoms with E-state index in [0.29, 0.717) is 12.4 Å². The van der Waals surface area contributed by atoms with Crippen LogP contribution >= 0.6 is 27.3 Å². The first kappa shape index (κ1) is 12.0. The summed E-state index contributed by atoms with van der Waals surface area (Å²) in [6.45, 7) is 0.304. The van der Waals surface area contributed by atoms with E-state index in [9.17, 15) is 0 Å². The SMILES string of the molecule is CN(CC#N)c1ccc(-c2ccc(Br)s2)nn1. The Balaban J connectivity index is 2.21. The summed E-state index contributed by atoms with van der Waals surface area (Å²) in [5.74, 6) is 0.700. The monoisotopic (exact) mass is 308 g/mol. The lowest BCUT2D eigenvalue weighted by atomic mass is 10.3. The molecule has 0 aromatic carbocycles. The lowest BCUT2D eigenvalue weighted by Gasteiger charge is -2.12. The van der Waals surface area contributed by atoms with Crippen LogP contribution in [0.4, 0.5) is 5.82 Å². The van der Waals surface area contributed by atoms with Crippen molar-refractivity contribution in [3.05, 3.63) is 28.1 Å². The molecule has 2 heterocycles. The highest BCUT2D eigenvalue weighted by atomic mass is 79.9. The Morgan fingerprint density at radius 2 is 2.18 bits per heavy atom. The fraction of sp³-hybridized carbons (Fsp3) is 0.182. The highest BCUT2D eigenvalue weighted by Gasteiger charge is 2.06. The second-order valence-corrected chi connectivity index (χ2v) is 5.86. The minimum absolute atomic E-state index is 0.304. The number of thiophene rings is 1. The number of hydrogen-bond acceptors (Lipinski definition) is 5. The zero-order valence-electron chi connectivity index (χ0n) is 9.09. The van der Waals surface area contributed by atoms with E-state index < -0.39 is 0 Å². The molecular formula is C11H9BrN4S. The standard InChI is InChI=1S/C11H9BrN4S/c1-16(7-6-13)11-5-2-8(14-15-11)9-3-4-10(12)17-9/h2-5H,7H2,1H3. The Hall–Kier alpha value is -1.45. The van der Waals surface area contributed by atoms with Crippen molar-refractivity contribution in [1.29, 1.82) is 5.26 Å². The van der Waals surface area contributed by atoms with Crippen molar-refractivity contribution in [2.75, 3.05) is 18.5 Å². The summed E-state index contributed by atoms with van der Waals surface area (Å²) in [4.78, 5) is 2.82. The van der Waals surface area contributed by atoms with Gasteiger partial charge in [0.2, 0.25) is 0 Å². The number of rotatable bonds is 3. The molecule has 0 saturated carbocycles. The average molecular weight is 309 g/mol. The van der Waals surface area contributed by atoms with Gasteiger partial charge in [0.05, 0.1) is 14.7 Å². The van der Waals surface area contributed by atoms with E-state index in [1.807, 2.05) is 31.3 Å². The van der Waals surface area contributed by atoms with Crippen LogP contribution in [-0.4, -0.2) is 23.8 Å². The molecule has 0 N–H and O–H groups in total. The van der Waals surface area contributed by atoms with Gasteiger partial charge >= 0.3 is 0 Å². The molecule has 0 atom stereocenters. The quantitative estimate of drug-likeness (QED) is 0.818.